The maximum absolute atomic E-state index is 12.5. The molecule has 0 saturated heterocycles. The molecule has 0 aromatic carbocycles. The van der Waals surface area contributed by atoms with Crippen molar-refractivity contribution in [3.63, 3.8) is 0 Å². The fraction of sp³-hybridized carbons (Fsp3) is 0.417. The van der Waals surface area contributed by atoms with Gasteiger partial charge in [0.15, 0.2) is 0 Å². The molecule has 2 heterocycles. The smallest absolute Gasteiger partial charge is 0.245 e. The molecule has 2 rings (SSSR count). The number of hydrogen-bond donors (Lipinski definition) is 0. The Labute approximate surface area is 101 Å². The highest BCUT2D eigenvalue weighted by Crippen LogP contribution is 2.29. The normalized spacial score (nSPS) is 23.5. The third-order valence-corrected chi connectivity index (χ3v) is 3.25. The molecule has 0 spiro atoms. The van der Waals surface area contributed by atoms with E-state index >= 15 is 0 Å². The second-order valence-electron chi connectivity index (χ2n) is 4.07. The molecule has 0 N–H and O–H groups in total. The number of amides is 1. The zero-order chi connectivity index (χ0) is 12.5. The van der Waals surface area contributed by atoms with E-state index in [0.29, 0.717) is 6.54 Å². The summed E-state index contributed by atoms with van der Waals surface area (Å²) in [5.74, 6) is 0. The molecule has 0 bridgehead atoms. The molecule has 1 amide bonds. The van der Waals surface area contributed by atoms with Crippen LogP contribution in [-0.2, 0) is 0 Å². The van der Waals surface area contributed by atoms with Crippen molar-refractivity contribution in [2.24, 2.45) is 4.99 Å². The van der Waals surface area contributed by atoms with Crippen LogP contribution in [0.4, 0.5) is 4.79 Å². The van der Waals surface area contributed by atoms with Crippen molar-refractivity contribution in [3.05, 3.63) is 30.1 Å². The minimum Gasteiger partial charge on any atom is -0.245 e. The van der Waals surface area contributed by atoms with Gasteiger partial charge in [-0.05, 0) is 13.8 Å². The molecular formula is C12H17N4O+. The quantitative estimate of drug-likeness (QED) is 0.736. The van der Waals surface area contributed by atoms with Gasteiger partial charge in [0.2, 0.25) is 6.34 Å². The van der Waals surface area contributed by atoms with E-state index in [1.165, 1.54) is 10.9 Å². The second kappa shape index (κ2) is 4.25. The van der Waals surface area contributed by atoms with Gasteiger partial charge in [-0.3, -0.25) is 0 Å². The zero-order valence-electron chi connectivity index (χ0n) is 10.4. The molecule has 0 aliphatic carbocycles. The van der Waals surface area contributed by atoms with Gasteiger partial charge >= 0.3 is 6.03 Å². The topological polar surface area (TPSA) is 47.2 Å². The first-order chi connectivity index (χ1) is 8.15. The Morgan fingerprint density at radius 3 is 2.76 bits per heavy atom. The summed E-state index contributed by atoms with van der Waals surface area (Å²) in [6.07, 6.45) is 7.37. The van der Waals surface area contributed by atoms with Crippen molar-refractivity contribution in [1.82, 2.24) is 9.55 Å². The summed E-state index contributed by atoms with van der Waals surface area (Å²) >= 11 is 0. The minimum atomic E-state index is -0.0255. The molecular weight excluding hydrogens is 216 g/mol. The number of carbonyl (C=O) groups excluding carboxylic acids is 1. The fourth-order valence-corrected chi connectivity index (χ4v) is 2.31. The van der Waals surface area contributed by atoms with Crippen LogP contribution < -0.4 is 0 Å². The lowest BCUT2D eigenvalue weighted by Gasteiger charge is -2.27. The first-order valence-corrected chi connectivity index (χ1v) is 5.82. The molecule has 1 atom stereocenters. The van der Waals surface area contributed by atoms with Crippen LogP contribution in [0.2, 0.25) is 0 Å². The number of quaternary nitrogens is 1. The third-order valence-electron chi connectivity index (χ3n) is 3.25. The van der Waals surface area contributed by atoms with Gasteiger partial charge in [-0.2, -0.15) is 4.48 Å². The molecule has 17 heavy (non-hydrogen) atoms. The standard InChI is InChI=1S/C12H17N4O/c1-4-11-10(3)14-9-16(11,5-2)12(17)15-7-6-13-8-15/h6-9H,4-5H2,1-3H3/q+1. The lowest BCUT2D eigenvalue weighted by atomic mass is 10.2. The van der Waals surface area contributed by atoms with Crippen molar-refractivity contribution in [2.45, 2.75) is 27.2 Å². The molecule has 1 aliphatic rings. The molecule has 1 aromatic rings. The van der Waals surface area contributed by atoms with E-state index in [4.69, 9.17) is 0 Å². The first-order valence-electron chi connectivity index (χ1n) is 5.82. The number of rotatable bonds is 2. The van der Waals surface area contributed by atoms with E-state index in [0.717, 1.165) is 17.8 Å². The van der Waals surface area contributed by atoms with Crippen LogP contribution in [0, 0.1) is 0 Å². The highest BCUT2D eigenvalue weighted by molar-refractivity contribution is 5.80. The van der Waals surface area contributed by atoms with Gasteiger partial charge in [-0.25, -0.2) is 19.3 Å². The predicted molar refractivity (Wildman–Crippen MR) is 65.3 cm³/mol. The zero-order valence-corrected chi connectivity index (χ0v) is 10.4. The number of allylic oxidation sites excluding steroid dienone is 2. The summed E-state index contributed by atoms with van der Waals surface area (Å²) in [6.45, 7) is 6.67. The molecule has 90 valence electrons. The van der Waals surface area contributed by atoms with E-state index in [1.807, 2.05) is 13.8 Å². The second-order valence-corrected chi connectivity index (χ2v) is 4.07. The number of imidazole rings is 1. The van der Waals surface area contributed by atoms with Gasteiger partial charge in [-0.15, -0.1) is 0 Å². The van der Waals surface area contributed by atoms with Crippen LogP contribution in [0.25, 0.3) is 0 Å². The summed E-state index contributed by atoms with van der Waals surface area (Å²) in [5.41, 5.74) is 2.01. The van der Waals surface area contributed by atoms with Crippen LogP contribution in [-0.4, -0.2) is 32.9 Å². The average Bonchev–Trinajstić information content (AvgIpc) is 2.96. The molecule has 0 radical (unpaired) electrons. The fourth-order valence-electron chi connectivity index (χ4n) is 2.31. The van der Waals surface area contributed by atoms with Gasteiger partial charge < -0.3 is 0 Å². The van der Waals surface area contributed by atoms with Crippen LogP contribution in [0.5, 0.6) is 0 Å². The molecule has 5 nitrogen and oxygen atoms in total. The van der Waals surface area contributed by atoms with Gasteiger partial charge in [-0.1, -0.05) is 6.92 Å². The van der Waals surface area contributed by atoms with Crippen LogP contribution >= 0.6 is 0 Å². The van der Waals surface area contributed by atoms with Crippen molar-refractivity contribution >= 4 is 12.4 Å². The average molecular weight is 233 g/mol. The largest absolute Gasteiger partial charge is 0.439 e. The van der Waals surface area contributed by atoms with E-state index in [9.17, 15) is 4.79 Å². The molecule has 0 fully saturated rings. The van der Waals surface area contributed by atoms with Crippen molar-refractivity contribution in [2.75, 3.05) is 6.54 Å². The molecule has 1 unspecified atom stereocenters. The van der Waals surface area contributed by atoms with Gasteiger partial charge in [0.25, 0.3) is 0 Å². The van der Waals surface area contributed by atoms with Crippen molar-refractivity contribution < 1.29 is 9.28 Å². The van der Waals surface area contributed by atoms with Crippen molar-refractivity contribution in [1.29, 1.82) is 0 Å². The Kier molecular flexibility index (Phi) is 2.93. The van der Waals surface area contributed by atoms with E-state index in [1.54, 1.807) is 18.7 Å². The lowest BCUT2D eigenvalue weighted by molar-refractivity contribution is -0.706. The Bertz CT molecular complexity index is 487. The van der Waals surface area contributed by atoms with Gasteiger partial charge in [0, 0.05) is 18.8 Å². The summed E-state index contributed by atoms with van der Waals surface area (Å²) < 4.78 is 1.70. The Morgan fingerprint density at radius 2 is 2.24 bits per heavy atom. The van der Waals surface area contributed by atoms with E-state index < -0.39 is 0 Å². The molecule has 5 heteroatoms. The Morgan fingerprint density at radius 1 is 1.47 bits per heavy atom. The van der Waals surface area contributed by atoms with E-state index in [-0.39, 0.29) is 10.5 Å². The van der Waals surface area contributed by atoms with Crippen molar-refractivity contribution in [3.8, 4) is 0 Å². The maximum Gasteiger partial charge on any atom is 0.439 e. The Hall–Kier alpha value is -1.75. The summed E-state index contributed by atoms with van der Waals surface area (Å²) in [4.78, 5) is 20.8. The van der Waals surface area contributed by atoms with Crippen LogP contribution in [0.3, 0.4) is 0 Å². The lowest BCUT2D eigenvalue weighted by Crippen LogP contribution is -2.51. The van der Waals surface area contributed by atoms with Gasteiger partial charge in [0.05, 0.1) is 6.54 Å². The number of carbonyl (C=O) groups is 1. The van der Waals surface area contributed by atoms with E-state index in [2.05, 4.69) is 16.9 Å². The SMILES string of the molecule is CCC1=C(C)N=C[N+]1(CC)C(=O)n1ccnc1. The van der Waals surface area contributed by atoms with Crippen LogP contribution in [0.15, 0.2) is 35.1 Å². The number of nitrogens with zero attached hydrogens (tertiary/aromatic N) is 4. The summed E-state index contributed by atoms with van der Waals surface area (Å²) in [6, 6.07) is -0.0255. The Balaban J connectivity index is 2.47. The summed E-state index contributed by atoms with van der Waals surface area (Å²) in [7, 11) is 0. The molecule has 0 saturated carbocycles. The van der Waals surface area contributed by atoms with Crippen LogP contribution in [0.1, 0.15) is 27.2 Å². The predicted octanol–water partition coefficient (Wildman–Crippen LogP) is 2.37. The number of aromatic nitrogens is 2. The summed E-state index contributed by atoms with van der Waals surface area (Å²) in [5, 5.41) is 0. The first kappa shape index (κ1) is 11.7. The monoisotopic (exact) mass is 233 g/mol. The molecule has 1 aliphatic heterocycles. The number of hydrogen-bond acceptors (Lipinski definition) is 3. The maximum atomic E-state index is 12.5. The highest BCUT2D eigenvalue weighted by atomic mass is 16.2. The number of aliphatic imine (C=N–C) groups is 1. The molecule has 1 aromatic heterocycles. The minimum absolute atomic E-state index is 0.0255. The highest BCUT2D eigenvalue weighted by Gasteiger charge is 2.43. The third kappa shape index (κ3) is 1.63. The van der Waals surface area contributed by atoms with Gasteiger partial charge in [0.1, 0.15) is 17.7 Å².